The lowest BCUT2D eigenvalue weighted by molar-refractivity contribution is -0.154. The van der Waals surface area contributed by atoms with Crippen molar-refractivity contribution in [1.82, 2.24) is 20.1 Å². The first kappa shape index (κ1) is 24.3. The molecule has 180 valence electrons. The highest BCUT2D eigenvalue weighted by atomic mass is 19.1. The Bertz CT molecular complexity index is 1240. The molecule has 2 aromatic carbocycles. The molecule has 2 N–H and O–H groups in total. The number of benzene rings is 2. The van der Waals surface area contributed by atoms with Crippen molar-refractivity contribution in [2.24, 2.45) is 0 Å². The molecular weight excluding hydrogens is 447 g/mol. The molecule has 2 atom stereocenters. The number of pyridine rings is 1. The number of esters is 1. The van der Waals surface area contributed by atoms with E-state index < -0.39 is 18.1 Å². The molecule has 35 heavy (non-hydrogen) atoms. The quantitative estimate of drug-likeness (QED) is 0.341. The van der Waals surface area contributed by atoms with Gasteiger partial charge in [0.1, 0.15) is 5.82 Å². The van der Waals surface area contributed by atoms with Crippen molar-refractivity contribution in [2.75, 3.05) is 6.61 Å². The Morgan fingerprint density at radius 3 is 2.60 bits per heavy atom. The molecule has 0 radical (unpaired) electrons. The lowest BCUT2D eigenvalue weighted by atomic mass is 10.0. The molecule has 4 aromatic rings. The average molecular weight is 475 g/mol. The van der Waals surface area contributed by atoms with Crippen LogP contribution in [0.25, 0.3) is 17.1 Å². The highest BCUT2D eigenvalue weighted by Crippen LogP contribution is 2.20. The van der Waals surface area contributed by atoms with E-state index in [1.165, 1.54) is 12.1 Å². The zero-order chi connectivity index (χ0) is 24.6. The summed E-state index contributed by atoms with van der Waals surface area (Å²) in [4.78, 5) is 16.8. The van der Waals surface area contributed by atoms with Crippen LogP contribution in [0.3, 0.4) is 0 Å². The van der Waals surface area contributed by atoms with Gasteiger partial charge in [0.2, 0.25) is 0 Å². The first-order chi connectivity index (χ1) is 17.0. The van der Waals surface area contributed by atoms with Crippen molar-refractivity contribution < 1.29 is 19.0 Å². The molecule has 0 saturated carbocycles. The van der Waals surface area contributed by atoms with Crippen LogP contribution in [-0.2, 0) is 22.5 Å². The van der Waals surface area contributed by atoms with Crippen LogP contribution < -0.4 is 5.32 Å². The van der Waals surface area contributed by atoms with Gasteiger partial charge in [-0.05, 0) is 55.3 Å². The number of carbonyl (C=O) groups is 1. The number of aliphatic hydroxyl groups excluding tert-OH is 1. The summed E-state index contributed by atoms with van der Waals surface area (Å²) in [6, 6.07) is 20.8. The second-order valence-corrected chi connectivity index (χ2v) is 8.01. The van der Waals surface area contributed by atoms with Crippen molar-refractivity contribution in [3.63, 3.8) is 0 Å². The van der Waals surface area contributed by atoms with E-state index >= 15 is 0 Å². The number of nitrogens with zero attached hydrogens (tertiary/aromatic N) is 3. The molecule has 0 aliphatic carbocycles. The molecule has 0 fully saturated rings. The first-order valence-corrected chi connectivity index (χ1v) is 11.4. The molecule has 0 amide bonds. The fraction of sp³-hybridized carbons (Fsp3) is 0.222. The van der Waals surface area contributed by atoms with Crippen LogP contribution in [0.15, 0.2) is 85.2 Å². The van der Waals surface area contributed by atoms with Crippen LogP contribution in [0.5, 0.6) is 0 Å². The van der Waals surface area contributed by atoms with Gasteiger partial charge >= 0.3 is 5.97 Å². The number of rotatable bonds is 10. The van der Waals surface area contributed by atoms with Crippen LogP contribution in [0.4, 0.5) is 4.39 Å². The Hall–Kier alpha value is -3.88. The van der Waals surface area contributed by atoms with E-state index in [1.807, 2.05) is 48.5 Å². The van der Waals surface area contributed by atoms with E-state index in [9.17, 15) is 14.3 Å². The highest BCUT2D eigenvalue weighted by molar-refractivity contribution is 5.75. The van der Waals surface area contributed by atoms with Crippen molar-refractivity contribution >= 4 is 5.97 Å². The summed E-state index contributed by atoms with van der Waals surface area (Å²) in [7, 11) is 0. The Kier molecular flexibility index (Phi) is 7.97. The smallest absolute Gasteiger partial charge is 0.336 e. The summed E-state index contributed by atoms with van der Waals surface area (Å²) in [6.45, 7) is 2.23. The van der Waals surface area contributed by atoms with Gasteiger partial charge in [0.05, 0.1) is 12.3 Å². The summed E-state index contributed by atoms with van der Waals surface area (Å²) < 4.78 is 20.0. The van der Waals surface area contributed by atoms with Crippen molar-refractivity contribution in [1.29, 1.82) is 0 Å². The van der Waals surface area contributed by atoms with Crippen LogP contribution in [0, 0.1) is 5.82 Å². The molecule has 0 aliphatic rings. The van der Waals surface area contributed by atoms with E-state index in [1.54, 1.807) is 36.1 Å². The molecule has 0 aliphatic heterocycles. The fourth-order valence-electron chi connectivity index (χ4n) is 3.79. The molecule has 0 spiro atoms. The maximum absolute atomic E-state index is 13.3. The van der Waals surface area contributed by atoms with E-state index in [4.69, 9.17) is 4.74 Å². The minimum atomic E-state index is -1.33. The molecule has 2 heterocycles. The SMILES string of the molecule is CCOC(=O)C(O)C(Cc1ccccc1)NCc1cccnc1-n1ccc(-c2ccc(F)cc2)n1. The summed E-state index contributed by atoms with van der Waals surface area (Å²) in [5.74, 6) is -0.359. The van der Waals surface area contributed by atoms with Gasteiger partial charge in [-0.2, -0.15) is 5.10 Å². The Labute approximate surface area is 203 Å². The predicted molar refractivity (Wildman–Crippen MR) is 130 cm³/mol. The third-order valence-electron chi connectivity index (χ3n) is 5.58. The third-order valence-corrected chi connectivity index (χ3v) is 5.58. The number of hydrogen-bond donors (Lipinski definition) is 2. The van der Waals surface area contributed by atoms with Crippen LogP contribution >= 0.6 is 0 Å². The third kappa shape index (κ3) is 6.17. The van der Waals surface area contributed by atoms with Gasteiger partial charge in [-0.15, -0.1) is 0 Å². The second kappa shape index (κ2) is 11.5. The lowest BCUT2D eigenvalue weighted by Crippen LogP contribution is -2.46. The monoisotopic (exact) mass is 474 g/mol. The first-order valence-electron chi connectivity index (χ1n) is 11.4. The van der Waals surface area contributed by atoms with Gasteiger partial charge in [-0.1, -0.05) is 36.4 Å². The number of aromatic nitrogens is 3. The summed E-state index contributed by atoms with van der Waals surface area (Å²) in [5.41, 5.74) is 3.29. The Morgan fingerprint density at radius 2 is 1.86 bits per heavy atom. The Morgan fingerprint density at radius 1 is 1.09 bits per heavy atom. The number of nitrogens with one attached hydrogen (secondary N) is 1. The van der Waals surface area contributed by atoms with Crippen LogP contribution in [0.1, 0.15) is 18.1 Å². The summed E-state index contributed by atoms with van der Waals surface area (Å²) in [5, 5.41) is 18.6. The molecule has 0 saturated heterocycles. The zero-order valence-corrected chi connectivity index (χ0v) is 19.3. The van der Waals surface area contributed by atoms with Crippen LogP contribution in [-0.4, -0.2) is 44.6 Å². The number of carbonyl (C=O) groups excluding carboxylic acids is 1. The topological polar surface area (TPSA) is 89.3 Å². The molecule has 8 heteroatoms. The maximum atomic E-state index is 13.3. The molecule has 2 unspecified atom stereocenters. The molecule has 7 nitrogen and oxygen atoms in total. The molecule has 4 rings (SSSR count). The largest absolute Gasteiger partial charge is 0.464 e. The molecular formula is C27H27FN4O3. The number of aliphatic hydroxyl groups is 1. The van der Waals surface area contributed by atoms with Gasteiger partial charge in [-0.3, -0.25) is 0 Å². The predicted octanol–water partition coefficient (Wildman–Crippen LogP) is 3.70. The molecule has 2 aromatic heterocycles. The summed E-state index contributed by atoms with van der Waals surface area (Å²) in [6.07, 6.45) is 2.57. The normalized spacial score (nSPS) is 12.8. The fourth-order valence-corrected chi connectivity index (χ4v) is 3.79. The second-order valence-electron chi connectivity index (χ2n) is 8.01. The van der Waals surface area contributed by atoms with E-state index in [2.05, 4.69) is 15.4 Å². The zero-order valence-electron chi connectivity index (χ0n) is 19.3. The number of halogens is 1. The van der Waals surface area contributed by atoms with Crippen molar-refractivity contribution in [3.05, 3.63) is 102 Å². The number of ether oxygens (including phenoxy) is 1. The average Bonchev–Trinajstić information content (AvgIpc) is 3.37. The Balaban J connectivity index is 1.54. The maximum Gasteiger partial charge on any atom is 0.336 e. The van der Waals surface area contributed by atoms with E-state index in [-0.39, 0.29) is 12.4 Å². The van der Waals surface area contributed by atoms with Gasteiger partial charge in [0.25, 0.3) is 0 Å². The minimum Gasteiger partial charge on any atom is -0.464 e. The van der Waals surface area contributed by atoms with Gasteiger partial charge in [0.15, 0.2) is 11.9 Å². The lowest BCUT2D eigenvalue weighted by Gasteiger charge is -2.23. The standard InChI is InChI=1S/C27H27FN4O3/c1-2-35-27(34)25(33)24(17-19-7-4-3-5-8-19)30-18-21-9-6-15-29-26(21)32-16-14-23(31-32)20-10-12-22(28)13-11-20/h3-16,24-25,30,33H,2,17-18H2,1H3. The van der Waals surface area contributed by atoms with Gasteiger partial charge < -0.3 is 15.2 Å². The van der Waals surface area contributed by atoms with Gasteiger partial charge in [-0.25, -0.2) is 18.9 Å². The highest BCUT2D eigenvalue weighted by Gasteiger charge is 2.27. The van der Waals surface area contributed by atoms with Crippen molar-refractivity contribution in [3.8, 4) is 17.1 Å². The van der Waals surface area contributed by atoms with E-state index in [0.29, 0.717) is 24.5 Å². The van der Waals surface area contributed by atoms with Gasteiger partial charge in [0, 0.05) is 36.1 Å². The minimum absolute atomic E-state index is 0.191. The van der Waals surface area contributed by atoms with E-state index in [0.717, 1.165) is 16.7 Å². The van der Waals surface area contributed by atoms with Crippen LogP contribution in [0.2, 0.25) is 0 Å². The molecule has 0 bridgehead atoms. The number of hydrogen-bond acceptors (Lipinski definition) is 6. The van der Waals surface area contributed by atoms with Crippen molar-refractivity contribution in [2.45, 2.75) is 32.0 Å². The summed E-state index contributed by atoms with van der Waals surface area (Å²) >= 11 is 0.